The van der Waals surface area contributed by atoms with Crippen molar-refractivity contribution in [1.82, 2.24) is 4.90 Å². The number of rotatable bonds is 1. The summed E-state index contributed by atoms with van der Waals surface area (Å²) in [7, 11) is 0. The molecule has 22 heavy (non-hydrogen) atoms. The lowest BCUT2D eigenvalue weighted by Gasteiger charge is -2.23. The Bertz CT molecular complexity index is 713. The summed E-state index contributed by atoms with van der Waals surface area (Å²) in [5.74, 6) is 0.178. The Morgan fingerprint density at radius 1 is 1.05 bits per heavy atom. The van der Waals surface area contributed by atoms with Crippen molar-refractivity contribution >= 4 is 5.91 Å². The Labute approximate surface area is 130 Å². The SMILES string of the molecule is O=C(c1cccc(O)c1)N1CCC2(Cc3ccccc3C2)C1. The second-order valence-corrected chi connectivity index (χ2v) is 6.65. The van der Waals surface area contributed by atoms with Gasteiger partial charge in [0.1, 0.15) is 5.75 Å². The highest BCUT2D eigenvalue weighted by molar-refractivity contribution is 5.94. The highest BCUT2D eigenvalue weighted by Crippen LogP contribution is 2.44. The first kappa shape index (κ1) is 13.4. The normalized spacial score (nSPS) is 18.6. The van der Waals surface area contributed by atoms with E-state index in [-0.39, 0.29) is 17.1 Å². The Balaban J connectivity index is 1.53. The van der Waals surface area contributed by atoms with Gasteiger partial charge in [-0.05, 0) is 54.0 Å². The summed E-state index contributed by atoms with van der Waals surface area (Å²) >= 11 is 0. The van der Waals surface area contributed by atoms with Gasteiger partial charge in [-0.2, -0.15) is 0 Å². The number of hydrogen-bond donors (Lipinski definition) is 1. The molecule has 0 aromatic heterocycles. The van der Waals surface area contributed by atoms with Gasteiger partial charge >= 0.3 is 0 Å². The number of hydrogen-bond acceptors (Lipinski definition) is 2. The maximum Gasteiger partial charge on any atom is 0.254 e. The quantitative estimate of drug-likeness (QED) is 0.878. The Morgan fingerprint density at radius 2 is 1.77 bits per heavy atom. The zero-order valence-corrected chi connectivity index (χ0v) is 12.5. The molecular weight excluding hydrogens is 274 g/mol. The van der Waals surface area contributed by atoms with E-state index < -0.39 is 0 Å². The molecule has 3 heteroatoms. The third-order valence-electron chi connectivity index (χ3n) is 5.07. The summed E-state index contributed by atoms with van der Waals surface area (Å²) in [6.45, 7) is 1.62. The number of fused-ring (bicyclic) bond motifs is 1. The summed E-state index contributed by atoms with van der Waals surface area (Å²) < 4.78 is 0. The topological polar surface area (TPSA) is 40.5 Å². The van der Waals surface area contributed by atoms with Crippen LogP contribution in [0.5, 0.6) is 5.75 Å². The molecule has 1 fully saturated rings. The summed E-state index contributed by atoms with van der Waals surface area (Å²) in [4.78, 5) is 14.6. The predicted molar refractivity (Wildman–Crippen MR) is 84.9 cm³/mol. The first-order chi connectivity index (χ1) is 10.7. The van der Waals surface area contributed by atoms with Crippen LogP contribution in [0.2, 0.25) is 0 Å². The first-order valence-electron chi connectivity index (χ1n) is 7.80. The van der Waals surface area contributed by atoms with Crippen molar-refractivity contribution in [1.29, 1.82) is 0 Å². The third-order valence-corrected chi connectivity index (χ3v) is 5.07. The second-order valence-electron chi connectivity index (χ2n) is 6.65. The fourth-order valence-electron chi connectivity index (χ4n) is 3.99. The molecule has 1 aliphatic carbocycles. The molecule has 1 heterocycles. The average Bonchev–Trinajstić information content (AvgIpc) is 3.09. The summed E-state index contributed by atoms with van der Waals surface area (Å²) in [6.07, 6.45) is 3.21. The fraction of sp³-hybridized carbons (Fsp3) is 0.316. The minimum absolute atomic E-state index is 0.0312. The second kappa shape index (κ2) is 4.87. The van der Waals surface area contributed by atoms with E-state index in [1.54, 1.807) is 24.3 Å². The van der Waals surface area contributed by atoms with E-state index in [9.17, 15) is 9.90 Å². The number of phenols is 1. The van der Waals surface area contributed by atoms with E-state index in [2.05, 4.69) is 24.3 Å². The van der Waals surface area contributed by atoms with Gasteiger partial charge in [-0.15, -0.1) is 0 Å². The maximum atomic E-state index is 12.6. The molecule has 1 amide bonds. The smallest absolute Gasteiger partial charge is 0.254 e. The van der Waals surface area contributed by atoms with Crippen molar-refractivity contribution in [2.75, 3.05) is 13.1 Å². The molecule has 1 spiro atoms. The molecule has 2 aromatic rings. The number of benzene rings is 2. The molecule has 1 N–H and O–H groups in total. The van der Waals surface area contributed by atoms with Crippen molar-refractivity contribution < 1.29 is 9.90 Å². The Kier molecular flexibility index (Phi) is 2.96. The molecule has 2 aromatic carbocycles. The molecule has 4 rings (SSSR count). The van der Waals surface area contributed by atoms with Crippen molar-refractivity contribution in [3.8, 4) is 5.75 Å². The van der Waals surface area contributed by atoms with E-state index in [4.69, 9.17) is 0 Å². The number of carbonyl (C=O) groups is 1. The van der Waals surface area contributed by atoms with Gasteiger partial charge in [0.25, 0.3) is 5.91 Å². The fourth-order valence-corrected chi connectivity index (χ4v) is 3.99. The van der Waals surface area contributed by atoms with E-state index in [0.717, 1.165) is 32.4 Å². The number of carbonyl (C=O) groups excluding carboxylic acids is 1. The lowest BCUT2D eigenvalue weighted by molar-refractivity contribution is 0.0773. The molecule has 3 nitrogen and oxygen atoms in total. The van der Waals surface area contributed by atoms with Gasteiger partial charge in [-0.3, -0.25) is 4.79 Å². The molecule has 0 radical (unpaired) electrons. The molecule has 112 valence electrons. The van der Waals surface area contributed by atoms with Crippen molar-refractivity contribution in [2.24, 2.45) is 5.41 Å². The third kappa shape index (κ3) is 2.17. The molecule has 1 saturated heterocycles. The Hall–Kier alpha value is -2.29. The van der Waals surface area contributed by atoms with Gasteiger partial charge < -0.3 is 10.0 Å². The maximum absolute atomic E-state index is 12.6. The van der Waals surface area contributed by atoms with Crippen LogP contribution in [0.3, 0.4) is 0 Å². The standard InChI is InChI=1S/C19H19NO2/c21-17-7-3-6-14(10-17)18(22)20-9-8-19(13-20)11-15-4-1-2-5-16(15)12-19/h1-7,10,21H,8-9,11-13H2. The molecule has 0 unspecified atom stereocenters. The van der Waals surface area contributed by atoms with Gasteiger partial charge in [-0.1, -0.05) is 30.3 Å². The van der Waals surface area contributed by atoms with E-state index in [0.29, 0.717) is 5.56 Å². The van der Waals surface area contributed by atoms with Gasteiger partial charge in [0.05, 0.1) is 0 Å². The zero-order chi connectivity index (χ0) is 15.2. The van der Waals surface area contributed by atoms with Crippen LogP contribution in [0.25, 0.3) is 0 Å². The van der Waals surface area contributed by atoms with E-state index in [1.165, 1.54) is 11.1 Å². The van der Waals surface area contributed by atoms with Crippen LogP contribution in [-0.4, -0.2) is 29.0 Å². The van der Waals surface area contributed by atoms with E-state index >= 15 is 0 Å². The molecule has 0 atom stereocenters. The summed E-state index contributed by atoms with van der Waals surface area (Å²) in [5.41, 5.74) is 3.67. The van der Waals surface area contributed by atoms with Crippen molar-refractivity contribution in [2.45, 2.75) is 19.3 Å². The molecule has 0 bridgehead atoms. The van der Waals surface area contributed by atoms with Gasteiger partial charge in [0, 0.05) is 18.7 Å². The van der Waals surface area contributed by atoms with Crippen LogP contribution < -0.4 is 0 Å². The number of likely N-dealkylation sites (tertiary alicyclic amines) is 1. The van der Waals surface area contributed by atoms with Crippen LogP contribution in [0, 0.1) is 5.41 Å². The highest BCUT2D eigenvalue weighted by atomic mass is 16.3. The largest absolute Gasteiger partial charge is 0.508 e. The first-order valence-corrected chi connectivity index (χ1v) is 7.80. The van der Waals surface area contributed by atoms with Crippen LogP contribution in [0.4, 0.5) is 0 Å². The number of aromatic hydroxyl groups is 1. The van der Waals surface area contributed by atoms with Crippen molar-refractivity contribution in [3.63, 3.8) is 0 Å². The minimum atomic E-state index is 0.0312. The average molecular weight is 293 g/mol. The zero-order valence-electron chi connectivity index (χ0n) is 12.5. The van der Waals surface area contributed by atoms with Crippen LogP contribution in [-0.2, 0) is 12.8 Å². The Morgan fingerprint density at radius 3 is 2.45 bits per heavy atom. The van der Waals surface area contributed by atoms with Gasteiger partial charge in [-0.25, -0.2) is 0 Å². The summed E-state index contributed by atoms with van der Waals surface area (Å²) in [6, 6.07) is 15.3. The highest BCUT2D eigenvalue weighted by Gasteiger charge is 2.43. The van der Waals surface area contributed by atoms with Crippen molar-refractivity contribution in [3.05, 3.63) is 65.2 Å². The predicted octanol–water partition coefficient (Wildman–Crippen LogP) is 3.02. The monoisotopic (exact) mass is 293 g/mol. The number of phenolic OH excluding ortho intramolecular Hbond substituents is 1. The van der Waals surface area contributed by atoms with Gasteiger partial charge in [0.15, 0.2) is 0 Å². The van der Waals surface area contributed by atoms with Crippen LogP contribution in [0.15, 0.2) is 48.5 Å². The lowest BCUT2D eigenvalue weighted by Crippen LogP contribution is -2.32. The molecule has 2 aliphatic rings. The number of amides is 1. The van der Waals surface area contributed by atoms with Crippen LogP contribution >= 0.6 is 0 Å². The number of nitrogens with zero attached hydrogens (tertiary/aromatic N) is 1. The van der Waals surface area contributed by atoms with Gasteiger partial charge in [0.2, 0.25) is 0 Å². The lowest BCUT2D eigenvalue weighted by atomic mass is 9.84. The van der Waals surface area contributed by atoms with E-state index in [1.807, 2.05) is 4.90 Å². The molecule has 1 aliphatic heterocycles. The van der Waals surface area contributed by atoms with Crippen LogP contribution in [0.1, 0.15) is 27.9 Å². The molecular formula is C19H19NO2. The molecule has 0 saturated carbocycles. The summed E-state index contributed by atoms with van der Waals surface area (Å²) in [5, 5.41) is 9.56. The minimum Gasteiger partial charge on any atom is -0.508 e.